The fourth-order valence-electron chi connectivity index (χ4n) is 2.66. The standard InChI is InChI=1S/C12H24S/c1-10(9-13)11(2)12(3)7-5-4-6-8-12/h10-11,13H,4-9H2,1-3H3. The van der Waals surface area contributed by atoms with Gasteiger partial charge in [-0.2, -0.15) is 12.6 Å². The molecule has 0 N–H and O–H groups in total. The van der Waals surface area contributed by atoms with E-state index in [4.69, 9.17) is 0 Å². The molecule has 0 aromatic rings. The number of thiol groups is 1. The van der Waals surface area contributed by atoms with Crippen molar-refractivity contribution in [1.82, 2.24) is 0 Å². The summed E-state index contributed by atoms with van der Waals surface area (Å²) in [5, 5.41) is 0. The molecule has 2 atom stereocenters. The SMILES string of the molecule is CC(CS)C(C)C1(C)CCCCC1. The Morgan fingerprint density at radius 1 is 1.15 bits per heavy atom. The second-order valence-corrected chi connectivity index (χ2v) is 5.53. The largest absolute Gasteiger partial charge is 0.179 e. The monoisotopic (exact) mass is 200 g/mol. The normalized spacial score (nSPS) is 26.8. The molecular formula is C12H24S. The van der Waals surface area contributed by atoms with Gasteiger partial charge in [0.2, 0.25) is 0 Å². The van der Waals surface area contributed by atoms with Crippen LogP contribution < -0.4 is 0 Å². The highest BCUT2D eigenvalue weighted by atomic mass is 32.1. The predicted octanol–water partition coefficient (Wildman–Crippen LogP) is 4.16. The third-order valence-electron chi connectivity index (χ3n) is 4.24. The van der Waals surface area contributed by atoms with Gasteiger partial charge in [-0.25, -0.2) is 0 Å². The van der Waals surface area contributed by atoms with Gasteiger partial charge in [0.15, 0.2) is 0 Å². The highest BCUT2D eigenvalue weighted by molar-refractivity contribution is 7.80. The van der Waals surface area contributed by atoms with Crippen molar-refractivity contribution >= 4 is 12.6 Å². The Morgan fingerprint density at radius 2 is 1.69 bits per heavy atom. The maximum absolute atomic E-state index is 4.41. The van der Waals surface area contributed by atoms with Crippen molar-refractivity contribution in [2.75, 3.05) is 5.75 Å². The first-order chi connectivity index (χ1) is 6.10. The second kappa shape index (κ2) is 4.72. The Balaban J connectivity index is 2.55. The summed E-state index contributed by atoms with van der Waals surface area (Å²) in [6.07, 6.45) is 7.22. The van der Waals surface area contributed by atoms with E-state index in [2.05, 4.69) is 33.4 Å². The molecule has 0 bridgehead atoms. The van der Waals surface area contributed by atoms with Gasteiger partial charge in [-0.3, -0.25) is 0 Å². The van der Waals surface area contributed by atoms with E-state index in [0.717, 1.165) is 17.6 Å². The van der Waals surface area contributed by atoms with Gasteiger partial charge >= 0.3 is 0 Å². The van der Waals surface area contributed by atoms with Crippen molar-refractivity contribution in [3.63, 3.8) is 0 Å². The van der Waals surface area contributed by atoms with Gasteiger partial charge in [0, 0.05) is 0 Å². The van der Waals surface area contributed by atoms with E-state index < -0.39 is 0 Å². The molecule has 78 valence electrons. The molecule has 2 unspecified atom stereocenters. The van der Waals surface area contributed by atoms with Crippen LogP contribution >= 0.6 is 12.6 Å². The smallest absolute Gasteiger partial charge is 0.00694 e. The van der Waals surface area contributed by atoms with Gasteiger partial charge in [0.1, 0.15) is 0 Å². The predicted molar refractivity (Wildman–Crippen MR) is 63.4 cm³/mol. The maximum atomic E-state index is 4.41. The van der Waals surface area contributed by atoms with Crippen LogP contribution in [0.15, 0.2) is 0 Å². The fraction of sp³-hybridized carbons (Fsp3) is 1.00. The zero-order valence-electron chi connectivity index (χ0n) is 9.34. The highest BCUT2D eigenvalue weighted by Crippen LogP contribution is 2.44. The minimum absolute atomic E-state index is 0.612. The van der Waals surface area contributed by atoms with Crippen LogP contribution in [0.4, 0.5) is 0 Å². The van der Waals surface area contributed by atoms with Gasteiger partial charge in [0.05, 0.1) is 0 Å². The van der Waals surface area contributed by atoms with Crippen LogP contribution in [0.5, 0.6) is 0 Å². The molecule has 1 rings (SSSR count). The van der Waals surface area contributed by atoms with Crippen LogP contribution in [0.1, 0.15) is 52.9 Å². The fourth-order valence-corrected chi connectivity index (χ4v) is 2.98. The number of hydrogen-bond acceptors (Lipinski definition) is 1. The summed E-state index contributed by atoms with van der Waals surface area (Å²) in [5.41, 5.74) is 0.612. The lowest BCUT2D eigenvalue weighted by Crippen LogP contribution is -2.32. The van der Waals surface area contributed by atoms with Gasteiger partial charge in [0.25, 0.3) is 0 Å². The minimum atomic E-state index is 0.612. The van der Waals surface area contributed by atoms with Gasteiger partial charge < -0.3 is 0 Å². The lowest BCUT2D eigenvalue weighted by atomic mass is 9.64. The molecule has 1 aliphatic carbocycles. The van der Waals surface area contributed by atoms with Crippen LogP contribution in [0.3, 0.4) is 0 Å². The molecule has 0 spiro atoms. The summed E-state index contributed by atoms with van der Waals surface area (Å²) >= 11 is 4.41. The first kappa shape index (κ1) is 11.4. The first-order valence-electron chi connectivity index (χ1n) is 5.71. The Bertz CT molecular complexity index is 147. The summed E-state index contributed by atoms with van der Waals surface area (Å²) in [4.78, 5) is 0. The molecule has 0 heterocycles. The van der Waals surface area contributed by atoms with E-state index in [9.17, 15) is 0 Å². The summed E-state index contributed by atoms with van der Waals surface area (Å²) in [7, 11) is 0. The van der Waals surface area contributed by atoms with Crippen molar-refractivity contribution in [2.45, 2.75) is 52.9 Å². The molecule has 1 saturated carbocycles. The summed E-state index contributed by atoms with van der Waals surface area (Å²) < 4.78 is 0. The Morgan fingerprint density at radius 3 is 2.15 bits per heavy atom. The van der Waals surface area contributed by atoms with Crippen molar-refractivity contribution < 1.29 is 0 Å². The third kappa shape index (κ3) is 2.65. The van der Waals surface area contributed by atoms with E-state index in [-0.39, 0.29) is 0 Å². The minimum Gasteiger partial charge on any atom is -0.179 e. The van der Waals surface area contributed by atoms with Crippen LogP contribution in [-0.2, 0) is 0 Å². The lowest BCUT2D eigenvalue weighted by Gasteiger charge is -2.41. The van der Waals surface area contributed by atoms with E-state index in [1.54, 1.807) is 0 Å². The van der Waals surface area contributed by atoms with Gasteiger partial charge in [-0.15, -0.1) is 0 Å². The van der Waals surface area contributed by atoms with Crippen molar-refractivity contribution in [1.29, 1.82) is 0 Å². The van der Waals surface area contributed by atoms with Crippen LogP contribution in [0, 0.1) is 17.3 Å². The zero-order chi connectivity index (χ0) is 9.90. The second-order valence-electron chi connectivity index (χ2n) is 5.16. The Kier molecular flexibility index (Phi) is 4.15. The Labute approximate surface area is 88.9 Å². The zero-order valence-corrected chi connectivity index (χ0v) is 10.2. The van der Waals surface area contributed by atoms with E-state index >= 15 is 0 Å². The highest BCUT2D eigenvalue weighted by Gasteiger charge is 2.34. The van der Waals surface area contributed by atoms with Gasteiger partial charge in [-0.1, -0.05) is 40.0 Å². The molecule has 0 aromatic heterocycles. The molecular weight excluding hydrogens is 176 g/mol. The van der Waals surface area contributed by atoms with Gasteiger partial charge in [-0.05, 0) is 35.8 Å². The van der Waals surface area contributed by atoms with Crippen molar-refractivity contribution in [2.24, 2.45) is 17.3 Å². The molecule has 1 heteroatoms. The average Bonchev–Trinajstić information content (AvgIpc) is 2.16. The number of hydrogen-bond donors (Lipinski definition) is 1. The van der Waals surface area contributed by atoms with E-state index in [0.29, 0.717) is 5.41 Å². The molecule has 0 nitrogen and oxygen atoms in total. The number of rotatable bonds is 3. The molecule has 13 heavy (non-hydrogen) atoms. The van der Waals surface area contributed by atoms with Crippen LogP contribution in [0.25, 0.3) is 0 Å². The maximum Gasteiger partial charge on any atom is -0.00694 e. The third-order valence-corrected chi connectivity index (χ3v) is 4.81. The summed E-state index contributed by atoms with van der Waals surface area (Å²) in [6.45, 7) is 7.25. The summed E-state index contributed by atoms with van der Waals surface area (Å²) in [6, 6.07) is 0. The molecule has 0 aliphatic heterocycles. The molecule has 1 aliphatic rings. The molecule has 0 amide bonds. The van der Waals surface area contributed by atoms with Crippen LogP contribution in [-0.4, -0.2) is 5.75 Å². The first-order valence-corrected chi connectivity index (χ1v) is 6.34. The van der Waals surface area contributed by atoms with Crippen molar-refractivity contribution in [3.8, 4) is 0 Å². The molecule has 0 saturated heterocycles. The van der Waals surface area contributed by atoms with Crippen molar-refractivity contribution in [3.05, 3.63) is 0 Å². The van der Waals surface area contributed by atoms with E-state index in [1.165, 1.54) is 32.1 Å². The lowest BCUT2D eigenvalue weighted by molar-refractivity contribution is 0.0984. The Hall–Kier alpha value is 0.350. The quantitative estimate of drug-likeness (QED) is 0.650. The average molecular weight is 200 g/mol. The molecule has 1 fully saturated rings. The summed E-state index contributed by atoms with van der Waals surface area (Å²) in [5.74, 6) is 2.65. The van der Waals surface area contributed by atoms with E-state index in [1.807, 2.05) is 0 Å². The topological polar surface area (TPSA) is 0 Å². The molecule has 0 radical (unpaired) electrons. The van der Waals surface area contributed by atoms with Crippen LogP contribution in [0.2, 0.25) is 0 Å². The molecule has 0 aromatic carbocycles.